The predicted octanol–water partition coefficient (Wildman–Crippen LogP) is 4.34. The first-order chi connectivity index (χ1) is 10.7. The van der Waals surface area contributed by atoms with Gasteiger partial charge in [0.25, 0.3) is 0 Å². The smallest absolute Gasteiger partial charge is 0.309 e. The van der Waals surface area contributed by atoms with Gasteiger partial charge in [-0.05, 0) is 32.1 Å². The molecule has 4 heteroatoms. The molecule has 0 aromatic carbocycles. The van der Waals surface area contributed by atoms with E-state index in [-0.39, 0.29) is 5.97 Å². The fourth-order valence-electron chi connectivity index (χ4n) is 3.09. The first-order valence-electron chi connectivity index (χ1n) is 8.67. The Morgan fingerprint density at radius 1 is 1.00 bits per heavy atom. The van der Waals surface area contributed by atoms with E-state index >= 15 is 0 Å². The molecule has 2 unspecified atom stereocenters. The van der Waals surface area contributed by atoms with Gasteiger partial charge < -0.3 is 9.84 Å². The molecule has 0 spiro atoms. The third-order valence-corrected chi connectivity index (χ3v) is 4.43. The molecule has 0 heterocycles. The topological polar surface area (TPSA) is 63.6 Å². The fraction of sp³-hybridized carbons (Fsp3) is 0.778. The first-order valence-corrected chi connectivity index (χ1v) is 8.67. The number of carbonyl (C=O) groups is 2. The first kappa shape index (κ1) is 18.7. The van der Waals surface area contributed by atoms with Crippen LogP contribution in [0.1, 0.15) is 70.6 Å². The Labute approximate surface area is 133 Å². The third-order valence-electron chi connectivity index (χ3n) is 4.43. The van der Waals surface area contributed by atoms with Gasteiger partial charge in [0.15, 0.2) is 0 Å². The van der Waals surface area contributed by atoms with Gasteiger partial charge in [-0.1, -0.05) is 44.6 Å². The van der Waals surface area contributed by atoms with Crippen LogP contribution in [0, 0.1) is 11.8 Å². The van der Waals surface area contributed by atoms with Crippen molar-refractivity contribution in [2.24, 2.45) is 11.8 Å². The molecular weight excluding hydrogens is 280 g/mol. The van der Waals surface area contributed by atoms with E-state index in [0.29, 0.717) is 19.4 Å². The van der Waals surface area contributed by atoms with E-state index in [1.807, 2.05) is 6.08 Å². The van der Waals surface area contributed by atoms with Crippen LogP contribution >= 0.6 is 0 Å². The average molecular weight is 310 g/mol. The van der Waals surface area contributed by atoms with E-state index in [2.05, 4.69) is 6.58 Å². The largest absolute Gasteiger partial charge is 0.481 e. The lowest BCUT2D eigenvalue weighted by molar-refractivity contribution is -0.159. The molecule has 4 nitrogen and oxygen atoms in total. The van der Waals surface area contributed by atoms with Gasteiger partial charge in [0.05, 0.1) is 18.4 Å². The zero-order chi connectivity index (χ0) is 16.2. The van der Waals surface area contributed by atoms with Crippen LogP contribution in [0.15, 0.2) is 12.7 Å². The lowest BCUT2D eigenvalue weighted by Gasteiger charge is -2.26. The molecule has 1 rings (SSSR count). The van der Waals surface area contributed by atoms with Crippen LogP contribution in [0.2, 0.25) is 0 Å². The summed E-state index contributed by atoms with van der Waals surface area (Å²) in [5.74, 6) is -2.16. The Morgan fingerprint density at radius 3 is 2.23 bits per heavy atom. The summed E-state index contributed by atoms with van der Waals surface area (Å²) in [6.07, 6.45) is 12.9. The quantitative estimate of drug-likeness (QED) is 0.350. The lowest BCUT2D eigenvalue weighted by Crippen LogP contribution is -2.33. The van der Waals surface area contributed by atoms with Crippen molar-refractivity contribution < 1.29 is 19.4 Å². The normalized spacial score (nSPS) is 21.3. The van der Waals surface area contributed by atoms with Crippen LogP contribution in [-0.2, 0) is 14.3 Å². The SMILES string of the molecule is C=CCCCCCCCCOC(=O)C1CCCCC1C(=O)O. The second-order valence-corrected chi connectivity index (χ2v) is 6.20. The molecule has 1 saturated carbocycles. The Morgan fingerprint density at radius 2 is 1.59 bits per heavy atom. The highest BCUT2D eigenvalue weighted by Crippen LogP contribution is 2.31. The van der Waals surface area contributed by atoms with Crippen molar-refractivity contribution in [1.29, 1.82) is 0 Å². The summed E-state index contributed by atoms with van der Waals surface area (Å²) < 4.78 is 5.29. The molecule has 0 aliphatic heterocycles. The highest BCUT2D eigenvalue weighted by molar-refractivity contribution is 5.81. The van der Waals surface area contributed by atoms with Gasteiger partial charge in [-0.3, -0.25) is 9.59 Å². The van der Waals surface area contributed by atoms with Gasteiger partial charge in [0, 0.05) is 0 Å². The summed E-state index contributed by atoms with van der Waals surface area (Å²) in [5, 5.41) is 9.17. The Bertz CT molecular complexity index is 351. The van der Waals surface area contributed by atoms with Crippen molar-refractivity contribution in [2.45, 2.75) is 70.6 Å². The van der Waals surface area contributed by atoms with Crippen molar-refractivity contribution in [1.82, 2.24) is 0 Å². The second kappa shape index (κ2) is 11.3. The van der Waals surface area contributed by atoms with E-state index in [1.54, 1.807) is 0 Å². The van der Waals surface area contributed by atoms with Crippen LogP contribution < -0.4 is 0 Å². The number of ether oxygens (including phenoxy) is 1. The molecule has 1 fully saturated rings. The molecule has 0 amide bonds. The Balaban J connectivity index is 2.09. The zero-order valence-corrected chi connectivity index (χ0v) is 13.6. The van der Waals surface area contributed by atoms with Gasteiger partial charge in [0.1, 0.15) is 0 Å². The minimum absolute atomic E-state index is 0.307. The monoisotopic (exact) mass is 310 g/mol. The molecule has 0 aromatic rings. The molecule has 1 aliphatic rings. The summed E-state index contributed by atoms with van der Waals surface area (Å²) in [6.45, 7) is 4.13. The molecule has 0 aromatic heterocycles. The van der Waals surface area contributed by atoms with E-state index < -0.39 is 17.8 Å². The molecular formula is C18H30O4. The standard InChI is InChI=1S/C18H30O4/c1-2-3-4-5-6-7-8-11-14-22-18(21)16-13-10-9-12-15(16)17(19)20/h2,15-16H,1,3-14H2,(H,19,20). The van der Waals surface area contributed by atoms with Crippen LogP contribution in [-0.4, -0.2) is 23.7 Å². The van der Waals surface area contributed by atoms with Crippen LogP contribution in [0.4, 0.5) is 0 Å². The number of allylic oxidation sites excluding steroid dienone is 1. The number of unbranched alkanes of at least 4 members (excludes halogenated alkanes) is 6. The van der Waals surface area contributed by atoms with Crippen LogP contribution in [0.5, 0.6) is 0 Å². The number of hydrogen-bond acceptors (Lipinski definition) is 3. The number of carboxylic acid groups (broad SMARTS) is 1. The van der Waals surface area contributed by atoms with E-state index in [1.165, 1.54) is 19.3 Å². The van der Waals surface area contributed by atoms with E-state index in [0.717, 1.165) is 38.5 Å². The van der Waals surface area contributed by atoms with Crippen molar-refractivity contribution in [3.8, 4) is 0 Å². The maximum Gasteiger partial charge on any atom is 0.309 e. The molecule has 2 atom stereocenters. The number of carbonyl (C=O) groups excluding carboxylic acids is 1. The molecule has 1 aliphatic carbocycles. The second-order valence-electron chi connectivity index (χ2n) is 6.20. The van der Waals surface area contributed by atoms with Crippen molar-refractivity contribution in [3.63, 3.8) is 0 Å². The maximum absolute atomic E-state index is 12.0. The summed E-state index contributed by atoms with van der Waals surface area (Å²) in [4.78, 5) is 23.2. The number of esters is 1. The minimum atomic E-state index is -0.860. The van der Waals surface area contributed by atoms with E-state index in [4.69, 9.17) is 4.74 Å². The highest BCUT2D eigenvalue weighted by Gasteiger charge is 2.36. The number of carboxylic acids is 1. The molecule has 126 valence electrons. The number of aliphatic carboxylic acids is 1. The maximum atomic E-state index is 12.0. The molecule has 22 heavy (non-hydrogen) atoms. The van der Waals surface area contributed by atoms with Gasteiger partial charge in [-0.15, -0.1) is 6.58 Å². The summed E-state index contributed by atoms with van der Waals surface area (Å²) >= 11 is 0. The number of hydrogen-bond donors (Lipinski definition) is 1. The Hall–Kier alpha value is -1.32. The van der Waals surface area contributed by atoms with Crippen LogP contribution in [0.25, 0.3) is 0 Å². The molecule has 0 bridgehead atoms. The molecule has 1 N–H and O–H groups in total. The van der Waals surface area contributed by atoms with Gasteiger partial charge >= 0.3 is 11.9 Å². The highest BCUT2D eigenvalue weighted by atomic mass is 16.5. The van der Waals surface area contributed by atoms with Crippen molar-refractivity contribution >= 4 is 11.9 Å². The predicted molar refractivity (Wildman–Crippen MR) is 86.6 cm³/mol. The van der Waals surface area contributed by atoms with Crippen LogP contribution in [0.3, 0.4) is 0 Å². The molecule has 0 saturated heterocycles. The summed E-state index contributed by atoms with van der Waals surface area (Å²) in [5.41, 5.74) is 0. The summed E-state index contributed by atoms with van der Waals surface area (Å²) in [7, 11) is 0. The van der Waals surface area contributed by atoms with E-state index in [9.17, 15) is 14.7 Å². The number of rotatable bonds is 11. The minimum Gasteiger partial charge on any atom is -0.481 e. The molecule has 0 radical (unpaired) electrons. The van der Waals surface area contributed by atoms with Gasteiger partial charge in [-0.2, -0.15) is 0 Å². The zero-order valence-electron chi connectivity index (χ0n) is 13.6. The average Bonchev–Trinajstić information content (AvgIpc) is 2.53. The third kappa shape index (κ3) is 7.10. The van der Waals surface area contributed by atoms with Crippen molar-refractivity contribution in [2.75, 3.05) is 6.61 Å². The lowest BCUT2D eigenvalue weighted by atomic mass is 9.79. The van der Waals surface area contributed by atoms with Gasteiger partial charge in [0.2, 0.25) is 0 Å². The fourth-order valence-corrected chi connectivity index (χ4v) is 3.09. The van der Waals surface area contributed by atoms with Gasteiger partial charge in [-0.25, -0.2) is 0 Å². The van der Waals surface area contributed by atoms with Crippen molar-refractivity contribution in [3.05, 3.63) is 12.7 Å². The summed E-state index contributed by atoms with van der Waals surface area (Å²) in [6, 6.07) is 0. The Kier molecular flexibility index (Phi) is 9.60.